The number of halogens is 1. The SMILES string of the molecule is CCN1C(=O)C(Nc2cnccc2C)=CC(C(=O)O)N1Cc1ccccc1Cl. The molecule has 8 heteroatoms. The van der Waals surface area contributed by atoms with Gasteiger partial charge in [-0.15, -0.1) is 0 Å². The first-order valence-electron chi connectivity index (χ1n) is 8.86. The molecule has 1 aliphatic rings. The predicted octanol–water partition coefficient (Wildman–Crippen LogP) is 3.07. The van der Waals surface area contributed by atoms with Crippen molar-refractivity contribution < 1.29 is 14.7 Å². The van der Waals surface area contributed by atoms with E-state index in [2.05, 4.69) is 10.3 Å². The van der Waals surface area contributed by atoms with Gasteiger partial charge in [0.15, 0.2) is 0 Å². The summed E-state index contributed by atoms with van der Waals surface area (Å²) in [5.74, 6) is -1.37. The number of aromatic nitrogens is 1. The van der Waals surface area contributed by atoms with Crippen LogP contribution in [0.25, 0.3) is 0 Å². The fourth-order valence-electron chi connectivity index (χ4n) is 3.07. The van der Waals surface area contributed by atoms with Crippen LogP contribution in [0, 0.1) is 6.92 Å². The monoisotopic (exact) mass is 400 g/mol. The zero-order chi connectivity index (χ0) is 20.3. The molecule has 1 atom stereocenters. The maximum Gasteiger partial charge on any atom is 0.326 e. The average Bonchev–Trinajstić information content (AvgIpc) is 2.67. The van der Waals surface area contributed by atoms with E-state index in [-0.39, 0.29) is 18.1 Å². The van der Waals surface area contributed by atoms with Crippen molar-refractivity contribution in [3.63, 3.8) is 0 Å². The zero-order valence-corrected chi connectivity index (χ0v) is 16.3. The number of aliphatic carboxylic acids is 1. The van der Waals surface area contributed by atoms with E-state index in [4.69, 9.17) is 11.6 Å². The van der Waals surface area contributed by atoms with E-state index in [9.17, 15) is 14.7 Å². The number of anilines is 1. The molecule has 1 aromatic carbocycles. The van der Waals surface area contributed by atoms with Crippen molar-refractivity contribution in [2.24, 2.45) is 0 Å². The van der Waals surface area contributed by atoms with Crippen LogP contribution in [0.3, 0.4) is 0 Å². The number of hydrazine groups is 1. The minimum absolute atomic E-state index is 0.200. The topological polar surface area (TPSA) is 85.8 Å². The van der Waals surface area contributed by atoms with E-state index in [0.29, 0.717) is 17.3 Å². The maximum atomic E-state index is 13.0. The van der Waals surface area contributed by atoms with Crippen molar-refractivity contribution in [3.8, 4) is 0 Å². The van der Waals surface area contributed by atoms with Gasteiger partial charge < -0.3 is 10.4 Å². The molecule has 1 aliphatic heterocycles. The Kier molecular flexibility index (Phi) is 5.96. The van der Waals surface area contributed by atoms with Gasteiger partial charge in [-0.05, 0) is 43.2 Å². The van der Waals surface area contributed by atoms with Crippen LogP contribution in [0.4, 0.5) is 5.69 Å². The molecule has 3 rings (SSSR count). The van der Waals surface area contributed by atoms with Gasteiger partial charge in [-0.3, -0.25) is 19.6 Å². The van der Waals surface area contributed by atoms with Gasteiger partial charge in [0.1, 0.15) is 11.7 Å². The second kappa shape index (κ2) is 8.41. The number of aryl methyl sites for hydroxylation is 1. The molecule has 2 N–H and O–H groups in total. The van der Waals surface area contributed by atoms with Crippen molar-refractivity contribution in [1.82, 2.24) is 15.0 Å². The number of carboxylic acids is 1. The van der Waals surface area contributed by atoms with Crippen LogP contribution in [-0.4, -0.2) is 44.6 Å². The smallest absolute Gasteiger partial charge is 0.326 e. The average molecular weight is 401 g/mol. The Morgan fingerprint density at radius 2 is 2.07 bits per heavy atom. The highest BCUT2D eigenvalue weighted by Crippen LogP contribution is 2.26. The lowest BCUT2D eigenvalue weighted by atomic mass is 10.1. The Morgan fingerprint density at radius 3 is 2.71 bits per heavy atom. The third kappa shape index (κ3) is 4.00. The first-order valence-corrected chi connectivity index (χ1v) is 9.24. The summed E-state index contributed by atoms with van der Waals surface area (Å²) in [5, 5.41) is 16.3. The van der Waals surface area contributed by atoms with Crippen molar-refractivity contribution in [2.75, 3.05) is 11.9 Å². The molecule has 1 aromatic heterocycles. The van der Waals surface area contributed by atoms with Crippen LogP contribution >= 0.6 is 11.6 Å². The van der Waals surface area contributed by atoms with E-state index in [0.717, 1.165) is 11.1 Å². The van der Waals surface area contributed by atoms with Crippen molar-refractivity contribution in [3.05, 3.63) is 70.6 Å². The van der Waals surface area contributed by atoms with E-state index in [1.807, 2.05) is 25.1 Å². The molecule has 0 saturated carbocycles. The van der Waals surface area contributed by atoms with Gasteiger partial charge in [-0.25, -0.2) is 0 Å². The van der Waals surface area contributed by atoms with Crippen LogP contribution < -0.4 is 5.32 Å². The molecule has 1 amide bonds. The molecule has 0 bridgehead atoms. The molecule has 0 saturated heterocycles. The number of nitrogens with one attached hydrogen (secondary N) is 1. The highest BCUT2D eigenvalue weighted by atomic mass is 35.5. The molecule has 7 nitrogen and oxygen atoms in total. The number of carbonyl (C=O) groups excluding carboxylic acids is 1. The summed E-state index contributed by atoms with van der Waals surface area (Å²) in [5.41, 5.74) is 2.51. The van der Waals surface area contributed by atoms with Crippen molar-refractivity contribution in [2.45, 2.75) is 26.4 Å². The fraction of sp³-hybridized carbons (Fsp3) is 0.250. The highest BCUT2D eigenvalue weighted by molar-refractivity contribution is 6.31. The minimum Gasteiger partial charge on any atom is -0.480 e. The molecule has 2 aromatic rings. The van der Waals surface area contributed by atoms with E-state index in [1.54, 1.807) is 31.5 Å². The van der Waals surface area contributed by atoms with Gasteiger partial charge in [-0.2, -0.15) is 5.01 Å². The molecule has 0 radical (unpaired) electrons. The number of hydrogen-bond donors (Lipinski definition) is 2. The van der Waals surface area contributed by atoms with Crippen molar-refractivity contribution >= 4 is 29.2 Å². The number of carbonyl (C=O) groups is 2. The Labute approximate surface area is 168 Å². The lowest BCUT2D eigenvalue weighted by molar-refractivity contribution is -0.162. The second-order valence-corrected chi connectivity index (χ2v) is 6.80. The number of hydrogen-bond acceptors (Lipinski definition) is 5. The third-order valence-corrected chi connectivity index (χ3v) is 4.94. The Hall–Kier alpha value is -2.90. The lowest BCUT2D eigenvalue weighted by Gasteiger charge is -2.41. The van der Waals surface area contributed by atoms with E-state index in [1.165, 1.54) is 16.1 Å². The van der Waals surface area contributed by atoms with Crippen LogP contribution in [-0.2, 0) is 16.1 Å². The van der Waals surface area contributed by atoms with Crippen molar-refractivity contribution in [1.29, 1.82) is 0 Å². The summed E-state index contributed by atoms with van der Waals surface area (Å²) < 4.78 is 0. The normalized spacial score (nSPS) is 17.4. The van der Waals surface area contributed by atoms with Gasteiger partial charge in [0, 0.05) is 24.3 Å². The Balaban J connectivity index is 1.97. The fourth-order valence-corrected chi connectivity index (χ4v) is 3.26. The van der Waals surface area contributed by atoms with Gasteiger partial charge in [0.05, 0.1) is 11.9 Å². The number of pyridine rings is 1. The van der Waals surface area contributed by atoms with Crippen LogP contribution in [0.5, 0.6) is 0 Å². The van der Waals surface area contributed by atoms with Crippen LogP contribution in [0.15, 0.2) is 54.5 Å². The van der Waals surface area contributed by atoms with E-state index >= 15 is 0 Å². The molecule has 0 aliphatic carbocycles. The quantitative estimate of drug-likeness (QED) is 0.775. The third-order valence-electron chi connectivity index (χ3n) is 4.57. The maximum absolute atomic E-state index is 13.0. The largest absolute Gasteiger partial charge is 0.480 e. The number of benzene rings is 1. The minimum atomic E-state index is -1.06. The Bertz CT molecular complexity index is 931. The van der Waals surface area contributed by atoms with Crippen LogP contribution in [0.1, 0.15) is 18.1 Å². The molecule has 146 valence electrons. The van der Waals surface area contributed by atoms with Gasteiger partial charge in [0.2, 0.25) is 0 Å². The Morgan fingerprint density at radius 1 is 1.32 bits per heavy atom. The molecular weight excluding hydrogens is 380 g/mol. The standard InChI is InChI=1S/C20H21ClN4O3/c1-3-24-19(26)16(23-17-11-22-9-8-13(17)2)10-18(20(27)28)25(24)12-14-6-4-5-7-15(14)21/h4-11,18,23H,3,12H2,1-2H3,(H,27,28). The summed E-state index contributed by atoms with van der Waals surface area (Å²) in [4.78, 5) is 29.1. The first kappa shape index (κ1) is 19.9. The molecule has 28 heavy (non-hydrogen) atoms. The highest BCUT2D eigenvalue weighted by Gasteiger charge is 2.38. The van der Waals surface area contributed by atoms with Gasteiger partial charge in [-0.1, -0.05) is 29.8 Å². The summed E-state index contributed by atoms with van der Waals surface area (Å²) in [7, 11) is 0. The summed E-state index contributed by atoms with van der Waals surface area (Å²) >= 11 is 6.24. The zero-order valence-electron chi connectivity index (χ0n) is 15.6. The molecule has 2 heterocycles. The second-order valence-electron chi connectivity index (χ2n) is 6.39. The number of carboxylic acid groups (broad SMARTS) is 1. The summed E-state index contributed by atoms with van der Waals surface area (Å²) in [6, 6.07) is 7.98. The van der Waals surface area contributed by atoms with Gasteiger partial charge >= 0.3 is 5.97 Å². The molecular formula is C20H21ClN4O3. The predicted molar refractivity (Wildman–Crippen MR) is 106 cm³/mol. The summed E-state index contributed by atoms with van der Waals surface area (Å²) in [6.07, 6.45) is 4.69. The van der Waals surface area contributed by atoms with Gasteiger partial charge in [0.25, 0.3) is 5.91 Å². The molecule has 0 spiro atoms. The molecule has 0 fully saturated rings. The number of likely N-dealkylation sites (N-methyl/N-ethyl adjacent to an activating group) is 1. The lowest BCUT2D eigenvalue weighted by Crippen LogP contribution is -2.57. The number of nitrogens with zero attached hydrogens (tertiary/aromatic N) is 3. The number of rotatable bonds is 6. The van der Waals surface area contributed by atoms with E-state index < -0.39 is 12.0 Å². The molecule has 1 unspecified atom stereocenters. The summed E-state index contributed by atoms with van der Waals surface area (Å²) in [6.45, 7) is 4.20. The van der Waals surface area contributed by atoms with Crippen LogP contribution in [0.2, 0.25) is 5.02 Å². The number of amides is 1. The first-order chi connectivity index (χ1) is 13.4.